The van der Waals surface area contributed by atoms with Gasteiger partial charge in [-0.2, -0.15) is 0 Å². The molecule has 0 N–H and O–H groups in total. The van der Waals surface area contributed by atoms with Crippen molar-refractivity contribution in [1.82, 2.24) is 0 Å². The fraction of sp³-hybridized carbons (Fsp3) is 0.273. The van der Waals surface area contributed by atoms with Gasteiger partial charge in [-0.05, 0) is 49.6 Å². The summed E-state index contributed by atoms with van der Waals surface area (Å²) in [4.78, 5) is 2.27. The van der Waals surface area contributed by atoms with Gasteiger partial charge >= 0.3 is 0 Å². The number of benzene rings is 2. The van der Waals surface area contributed by atoms with Crippen molar-refractivity contribution in [2.75, 3.05) is 11.9 Å². The third kappa shape index (κ3) is 1.77. The molecular weight excluding hydrogens is 294 g/mol. The van der Waals surface area contributed by atoms with Gasteiger partial charge in [0.1, 0.15) is 5.75 Å². The average molecular weight is 317 g/mol. The number of fused-ring (bicyclic) bond motifs is 2. The Labute approximate surface area is 144 Å². The maximum Gasteiger partial charge on any atom is 0.211 e. The van der Waals surface area contributed by atoms with Gasteiger partial charge < -0.3 is 9.64 Å². The zero-order valence-corrected chi connectivity index (χ0v) is 14.5. The van der Waals surface area contributed by atoms with Gasteiger partial charge in [0.25, 0.3) is 0 Å². The second-order valence-corrected chi connectivity index (χ2v) is 7.16. The average Bonchev–Trinajstić information content (AvgIpc) is 2.75. The first kappa shape index (κ1) is 15.1. The van der Waals surface area contributed by atoms with Gasteiger partial charge in [-0.15, -0.1) is 6.58 Å². The van der Waals surface area contributed by atoms with E-state index in [0.29, 0.717) is 0 Å². The number of rotatable bonds is 2. The quantitative estimate of drug-likeness (QED) is 0.727. The molecular formula is C22H23NO. The highest BCUT2D eigenvalue weighted by atomic mass is 16.5. The summed E-state index contributed by atoms with van der Waals surface area (Å²) in [6.07, 6.45) is 7.16. The Kier molecular flexibility index (Phi) is 3.14. The number of nitrogens with zero attached hydrogens (tertiary/aromatic N) is 1. The second-order valence-electron chi connectivity index (χ2n) is 7.16. The van der Waals surface area contributed by atoms with Gasteiger partial charge in [0.05, 0.1) is 5.41 Å². The summed E-state index contributed by atoms with van der Waals surface area (Å²) in [5, 5.41) is 0. The van der Waals surface area contributed by atoms with Gasteiger partial charge in [0, 0.05) is 18.3 Å². The highest BCUT2D eigenvalue weighted by Crippen LogP contribution is 2.54. The molecule has 0 aromatic heterocycles. The molecule has 2 aliphatic rings. The lowest BCUT2D eigenvalue weighted by molar-refractivity contribution is 0.0573. The van der Waals surface area contributed by atoms with Crippen LogP contribution in [0.15, 0.2) is 61.2 Å². The fourth-order valence-corrected chi connectivity index (χ4v) is 4.17. The summed E-state index contributed by atoms with van der Waals surface area (Å²) in [6.45, 7) is 8.42. The molecule has 2 heteroatoms. The maximum absolute atomic E-state index is 6.77. The summed E-state index contributed by atoms with van der Waals surface area (Å²) in [5.41, 5.74) is 4.21. The van der Waals surface area contributed by atoms with Crippen LogP contribution in [0.2, 0.25) is 0 Å². The van der Waals surface area contributed by atoms with Crippen molar-refractivity contribution in [2.24, 2.45) is 0 Å². The summed E-state index contributed by atoms with van der Waals surface area (Å²) in [6, 6.07) is 14.9. The van der Waals surface area contributed by atoms with Gasteiger partial charge in [-0.25, -0.2) is 0 Å². The number of hydrogen-bond acceptors (Lipinski definition) is 2. The summed E-state index contributed by atoms with van der Waals surface area (Å²) < 4.78 is 6.77. The lowest BCUT2D eigenvalue weighted by Crippen LogP contribution is -2.58. The SMILES string of the molecule is C=CCc1cccc2c1OC1(C=C2)N(C)c2ccccc2C1(C)C. The van der Waals surface area contributed by atoms with Crippen LogP contribution >= 0.6 is 0 Å². The van der Waals surface area contributed by atoms with Crippen molar-refractivity contribution in [2.45, 2.75) is 31.4 Å². The molecule has 1 unspecified atom stereocenters. The van der Waals surface area contributed by atoms with Crippen molar-refractivity contribution < 1.29 is 4.74 Å². The molecule has 0 saturated carbocycles. The molecule has 24 heavy (non-hydrogen) atoms. The third-order valence-electron chi connectivity index (χ3n) is 5.57. The molecule has 4 rings (SSSR count). The first-order valence-electron chi connectivity index (χ1n) is 8.45. The van der Waals surface area contributed by atoms with Crippen LogP contribution in [0, 0.1) is 0 Å². The maximum atomic E-state index is 6.77. The summed E-state index contributed by atoms with van der Waals surface area (Å²) >= 11 is 0. The van der Waals surface area contributed by atoms with E-state index in [1.54, 1.807) is 0 Å². The molecule has 2 heterocycles. The Hall–Kier alpha value is -2.48. The van der Waals surface area contributed by atoms with Crippen LogP contribution in [0.1, 0.15) is 30.5 Å². The molecule has 0 amide bonds. The number of likely N-dealkylation sites (N-methyl/N-ethyl adjacent to an activating group) is 1. The van der Waals surface area contributed by atoms with Gasteiger partial charge in [0.15, 0.2) is 0 Å². The number of para-hydroxylation sites is 2. The van der Waals surface area contributed by atoms with E-state index in [-0.39, 0.29) is 5.41 Å². The number of anilines is 1. The second kappa shape index (κ2) is 5.01. The largest absolute Gasteiger partial charge is 0.462 e. The minimum absolute atomic E-state index is 0.159. The lowest BCUT2D eigenvalue weighted by atomic mass is 9.76. The molecule has 2 aromatic carbocycles. The molecule has 2 aromatic rings. The topological polar surface area (TPSA) is 12.5 Å². The Morgan fingerprint density at radius 1 is 1.12 bits per heavy atom. The van der Waals surface area contributed by atoms with E-state index in [1.807, 2.05) is 6.08 Å². The smallest absolute Gasteiger partial charge is 0.211 e. The van der Waals surface area contributed by atoms with Crippen LogP contribution < -0.4 is 9.64 Å². The monoisotopic (exact) mass is 317 g/mol. The minimum atomic E-state index is -0.513. The van der Waals surface area contributed by atoms with E-state index in [2.05, 4.69) is 87.0 Å². The Bertz CT molecular complexity index is 849. The van der Waals surface area contributed by atoms with Crippen LogP contribution in [-0.2, 0) is 11.8 Å². The molecule has 0 radical (unpaired) electrons. The van der Waals surface area contributed by atoms with Crippen LogP contribution in [0.3, 0.4) is 0 Å². The molecule has 2 nitrogen and oxygen atoms in total. The molecule has 0 bridgehead atoms. The van der Waals surface area contributed by atoms with Gasteiger partial charge in [-0.3, -0.25) is 0 Å². The van der Waals surface area contributed by atoms with Crippen molar-refractivity contribution in [3.63, 3.8) is 0 Å². The van der Waals surface area contributed by atoms with E-state index in [9.17, 15) is 0 Å². The van der Waals surface area contributed by atoms with E-state index in [0.717, 1.165) is 17.7 Å². The highest BCUT2D eigenvalue weighted by Gasteiger charge is 2.57. The van der Waals surface area contributed by atoms with E-state index in [4.69, 9.17) is 4.74 Å². The summed E-state index contributed by atoms with van der Waals surface area (Å²) in [5.74, 6) is 0.979. The first-order valence-corrected chi connectivity index (χ1v) is 8.45. The van der Waals surface area contributed by atoms with Crippen LogP contribution in [-0.4, -0.2) is 12.8 Å². The Balaban J connectivity index is 1.89. The Morgan fingerprint density at radius 2 is 1.92 bits per heavy atom. The molecule has 2 aliphatic heterocycles. The molecule has 0 aliphatic carbocycles. The molecule has 1 atom stereocenters. The molecule has 1 spiro atoms. The van der Waals surface area contributed by atoms with E-state index < -0.39 is 5.72 Å². The molecule has 0 fully saturated rings. The minimum Gasteiger partial charge on any atom is -0.462 e. The molecule has 0 saturated heterocycles. The van der Waals surface area contributed by atoms with Gasteiger partial charge in [-0.1, -0.05) is 42.5 Å². The molecule has 122 valence electrons. The van der Waals surface area contributed by atoms with Crippen LogP contribution in [0.4, 0.5) is 5.69 Å². The fourth-order valence-electron chi connectivity index (χ4n) is 4.17. The van der Waals surface area contributed by atoms with Crippen molar-refractivity contribution in [1.29, 1.82) is 0 Å². The van der Waals surface area contributed by atoms with Crippen molar-refractivity contribution in [3.8, 4) is 5.75 Å². The van der Waals surface area contributed by atoms with Gasteiger partial charge in [0.2, 0.25) is 5.72 Å². The van der Waals surface area contributed by atoms with E-state index >= 15 is 0 Å². The van der Waals surface area contributed by atoms with Crippen LogP contribution in [0.5, 0.6) is 5.75 Å². The normalized spacial score (nSPS) is 22.9. The zero-order valence-electron chi connectivity index (χ0n) is 14.5. The predicted octanol–water partition coefficient (Wildman–Crippen LogP) is 4.94. The first-order chi connectivity index (χ1) is 11.5. The van der Waals surface area contributed by atoms with Crippen LogP contribution in [0.25, 0.3) is 6.08 Å². The number of ether oxygens (including phenoxy) is 1. The third-order valence-corrected chi connectivity index (χ3v) is 5.57. The van der Waals surface area contributed by atoms with Crippen molar-refractivity contribution in [3.05, 3.63) is 77.9 Å². The predicted molar refractivity (Wildman–Crippen MR) is 101 cm³/mol. The number of allylic oxidation sites excluding steroid dienone is 1. The Morgan fingerprint density at radius 3 is 2.67 bits per heavy atom. The highest BCUT2D eigenvalue weighted by molar-refractivity contribution is 5.72. The van der Waals surface area contributed by atoms with E-state index in [1.165, 1.54) is 16.8 Å². The summed E-state index contributed by atoms with van der Waals surface area (Å²) in [7, 11) is 2.12. The lowest BCUT2D eigenvalue weighted by Gasteiger charge is -2.46. The standard InChI is InChI=1S/C22H23NO/c1-5-9-16-10-8-11-17-14-15-22(24-20(16)17)21(2,3)18-12-6-7-13-19(18)23(22)4/h5-8,10-15H,1,9H2,2-4H3. The van der Waals surface area contributed by atoms with Crippen molar-refractivity contribution >= 4 is 11.8 Å². The number of hydrogen-bond donors (Lipinski definition) is 0. The zero-order chi connectivity index (χ0) is 16.9.